The van der Waals surface area contributed by atoms with Crippen molar-refractivity contribution >= 4 is 22.5 Å². The van der Waals surface area contributed by atoms with Crippen LogP contribution in [0.4, 0.5) is 0 Å². The Balaban J connectivity index is 1.99. The van der Waals surface area contributed by atoms with Crippen LogP contribution < -0.4 is 5.32 Å². The fourth-order valence-corrected chi connectivity index (χ4v) is 3.13. The van der Waals surface area contributed by atoms with Crippen molar-refractivity contribution in [1.29, 1.82) is 5.26 Å². The normalized spacial score (nSPS) is 17.2. The molecule has 0 spiro atoms. The molecule has 0 amide bonds. The topological polar surface area (TPSA) is 48.7 Å². The Morgan fingerprint density at radius 1 is 1.30 bits per heavy atom. The van der Waals surface area contributed by atoms with Crippen molar-refractivity contribution in [2.75, 3.05) is 0 Å². The number of nitriles is 1. The third-order valence-corrected chi connectivity index (χ3v) is 4.27. The van der Waals surface area contributed by atoms with Crippen LogP contribution >= 0.6 is 11.6 Å². The van der Waals surface area contributed by atoms with E-state index in [0.29, 0.717) is 11.1 Å². The molecule has 0 saturated heterocycles. The van der Waals surface area contributed by atoms with E-state index in [-0.39, 0.29) is 6.04 Å². The zero-order valence-corrected chi connectivity index (χ0v) is 11.9. The lowest BCUT2D eigenvalue weighted by atomic mass is 10.0. The summed E-state index contributed by atoms with van der Waals surface area (Å²) < 4.78 is 0. The highest BCUT2D eigenvalue weighted by molar-refractivity contribution is 6.35. The number of nitrogens with one attached hydrogen (secondary N) is 1. The number of hydrogen-bond acceptors (Lipinski definition) is 3. The number of hydrogen-bond donors (Lipinski definition) is 1. The monoisotopic (exact) mass is 285 g/mol. The fourth-order valence-electron chi connectivity index (χ4n) is 2.92. The predicted molar refractivity (Wildman–Crippen MR) is 80.5 cm³/mol. The number of pyridine rings is 1. The van der Waals surface area contributed by atoms with E-state index in [2.05, 4.69) is 16.4 Å². The summed E-state index contributed by atoms with van der Waals surface area (Å²) >= 11 is 6.20. The average Bonchev–Trinajstić information content (AvgIpc) is 2.99. The molecule has 1 fully saturated rings. The highest BCUT2D eigenvalue weighted by Gasteiger charge is 2.22. The molecule has 4 heteroatoms. The third kappa shape index (κ3) is 2.49. The minimum absolute atomic E-state index is 0.326. The van der Waals surface area contributed by atoms with Crippen LogP contribution in [-0.2, 0) is 0 Å². The van der Waals surface area contributed by atoms with Gasteiger partial charge >= 0.3 is 0 Å². The number of nitrogens with zero attached hydrogens (tertiary/aromatic N) is 2. The Bertz CT molecular complexity index is 656. The van der Waals surface area contributed by atoms with Gasteiger partial charge in [0.25, 0.3) is 0 Å². The average molecular weight is 286 g/mol. The smallest absolute Gasteiger partial charge is 0.123 e. The van der Waals surface area contributed by atoms with Crippen LogP contribution in [0.15, 0.2) is 30.5 Å². The van der Waals surface area contributed by atoms with Crippen LogP contribution in [0.1, 0.15) is 37.3 Å². The molecule has 0 aliphatic heterocycles. The van der Waals surface area contributed by atoms with Gasteiger partial charge in [-0.15, -0.1) is 0 Å². The van der Waals surface area contributed by atoms with Crippen LogP contribution in [-0.4, -0.2) is 11.0 Å². The Labute approximate surface area is 123 Å². The first kappa shape index (κ1) is 13.4. The van der Waals surface area contributed by atoms with E-state index in [4.69, 9.17) is 11.6 Å². The van der Waals surface area contributed by atoms with Crippen molar-refractivity contribution in [3.63, 3.8) is 0 Å². The maximum Gasteiger partial charge on any atom is 0.123 e. The van der Waals surface area contributed by atoms with Crippen LogP contribution in [0.25, 0.3) is 10.9 Å². The summed E-state index contributed by atoms with van der Waals surface area (Å²) in [6.45, 7) is 0. The number of rotatable bonds is 3. The van der Waals surface area contributed by atoms with E-state index in [1.807, 2.05) is 24.3 Å². The van der Waals surface area contributed by atoms with E-state index >= 15 is 0 Å². The molecule has 1 aliphatic rings. The minimum atomic E-state index is -0.326. The maximum atomic E-state index is 9.50. The van der Waals surface area contributed by atoms with E-state index in [1.54, 1.807) is 6.20 Å². The van der Waals surface area contributed by atoms with Crippen LogP contribution in [0.5, 0.6) is 0 Å². The lowest BCUT2D eigenvalue weighted by Crippen LogP contribution is -2.30. The van der Waals surface area contributed by atoms with Crippen molar-refractivity contribution in [3.8, 4) is 6.07 Å². The Morgan fingerprint density at radius 2 is 2.10 bits per heavy atom. The molecule has 3 nitrogen and oxygen atoms in total. The Kier molecular flexibility index (Phi) is 3.86. The van der Waals surface area contributed by atoms with Gasteiger partial charge in [0.15, 0.2) is 0 Å². The van der Waals surface area contributed by atoms with Crippen molar-refractivity contribution in [2.24, 2.45) is 0 Å². The lowest BCUT2D eigenvalue weighted by molar-refractivity contribution is 0.493. The van der Waals surface area contributed by atoms with Gasteiger partial charge in [0.2, 0.25) is 0 Å². The molecule has 1 heterocycles. The van der Waals surface area contributed by atoms with E-state index in [1.165, 1.54) is 12.8 Å². The van der Waals surface area contributed by atoms with Gasteiger partial charge in [0.1, 0.15) is 6.04 Å². The molecular formula is C16H16ClN3. The van der Waals surface area contributed by atoms with E-state index in [0.717, 1.165) is 29.3 Å². The lowest BCUT2D eigenvalue weighted by Gasteiger charge is -2.18. The summed E-state index contributed by atoms with van der Waals surface area (Å²) in [4.78, 5) is 4.41. The van der Waals surface area contributed by atoms with Gasteiger partial charge in [-0.3, -0.25) is 10.3 Å². The second kappa shape index (κ2) is 5.78. The van der Waals surface area contributed by atoms with Crippen molar-refractivity contribution in [2.45, 2.75) is 37.8 Å². The zero-order chi connectivity index (χ0) is 13.9. The highest BCUT2D eigenvalue weighted by Crippen LogP contribution is 2.29. The second-order valence-corrected chi connectivity index (χ2v) is 5.65. The molecular weight excluding hydrogens is 270 g/mol. The molecule has 102 valence electrons. The molecule has 20 heavy (non-hydrogen) atoms. The van der Waals surface area contributed by atoms with Gasteiger partial charge in [-0.05, 0) is 31.0 Å². The van der Waals surface area contributed by atoms with E-state index < -0.39 is 0 Å². The van der Waals surface area contributed by atoms with Crippen LogP contribution in [0.3, 0.4) is 0 Å². The van der Waals surface area contributed by atoms with Crippen molar-refractivity contribution in [3.05, 3.63) is 41.0 Å². The minimum Gasteiger partial charge on any atom is -0.295 e. The van der Waals surface area contributed by atoms with Gasteiger partial charge in [-0.1, -0.05) is 30.5 Å². The summed E-state index contributed by atoms with van der Waals surface area (Å²) in [5.41, 5.74) is 1.73. The first-order valence-electron chi connectivity index (χ1n) is 6.98. The summed E-state index contributed by atoms with van der Waals surface area (Å²) in [6, 6.07) is 10.0. The third-order valence-electron chi connectivity index (χ3n) is 3.95. The molecule has 2 aromatic rings. The molecule has 1 unspecified atom stereocenters. The summed E-state index contributed by atoms with van der Waals surface area (Å²) in [5.74, 6) is 0. The number of benzene rings is 1. The molecule has 1 aromatic heterocycles. The van der Waals surface area contributed by atoms with Crippen LogP contribution in [0.2, 0.25) is 5.02 Å². The number of aromatic nitrogens is 1. The zero-order valence-electron chi connectivity index (χ0n) is 11.1. The number of fused-ring (bicyclic) bond motifs is 1. The summed E-state index contributed by atoms with van der Waals surface area (Å²) in [5, 5.41) is 14.5. The van der Waals surface area contributed by atoms with Crippen molar-refractivity contribution in [1.82, 2.24) is 10.3 Å². The van der Waals surface area contributed by atoms with Gasteiger partial charge in [0, 0.05) is 28.2 Å². The first-order valence-corrected chi connectivity index (χ1v) is 7.36. The van der Waals surface area contributed by atoms with Gasteiger partial charge in [-0.2, -0.15) is 5.26 Å². The summed E-state index contributed by atoms with van der Waals surface area (Å²) in [7, 11) is 0. The molecule has 3 rings (SSSR count). The largest absolute Gasteiger partial charge is 0.295 e. The Morgan fingerprint density at radius 3 is 2.85 bits per heavy atom. The Hall–Kier alpha value is -1.63. The standard InChI is InChI=1S/C16H16ClN3/c17-14-8-7-13(16-12(14)6-3-9-19-16)15(10-18)20-11-4-1-2-5-11/h3,6-9,11,15,20H,1-2,4-5H2. The number of halogens is 1. The molecule has 1 saturated carbocycles. The molecule has 0 bridgehead atoms. The summed E-state index contributed by atoms with van der Waals surface area (Å²) in [6.07, 6.45) is 6.53. The van der Waals surface area contributed by atoms with Crippen molar-refractivity contribution < 1.29 is 0 Å². The van der Waals surface area contributed by atoms with Gasteiger partial charge in [0.05, 0.1) is 11.6 Å². The molecule has 1 N–H and O–H groups in total. The van der Waals surface area contributed by atoms with E-state index in [9.17, 15) is 5.26 Å². The first-order chi connectivity index (χ1) is 9.79. The maximum absolute atomic E-state index is 9.50. The van der Waals surface area contributed by atoms with Gasteiger partial charge in [-0.25, -0.2) is 0 Å². The predicted octanol–water partition coefficient (Wildman–Crippen LogP) is 3.99. The highest BCUT2D eigenvalue weighted by atomic mass is 35.5. The van der Waals surface area contributed by atoms with Crippen LogP contribution in [0, 0.1) is 11.3 Å². The molecule has 1 aromatic carbocycles. The van der Waals surface area contributed by atoms with Gasteiger partial charge < -0.3 is 0 Å². The quantitative estimate of drug-likeness (QED) is 0.928. The molecule has 0 radical (unpaired) electrons. The second-order valence-electron chi connectivity index (χ2n) is 5.25. The SMILES string of the molecule is N#CC(NC1CCCC1)c1ccc(Cl)c2cccnc12. The fraction of sp³-hybridized carbons (Fsp3) is 0.375. The molecule has 1 aliphatic carbocycles. The molecule has 1 atom stereocenters.